The predicted octanol–water partition coefficient (Wildman–Crippen LogP) is 6.95. The average molecular weight is 568 g/mol. The molecule has 0 spiro atoms. The smallest absolute Gasteiger partial charge is 0.408 e. The lowest BCUT2D eigenvalue weighted by Crippen LogP contribution is -2.55. The number of ether oxygens (including phenoxy) is 2. The quantitative estimate of drug-likeness (QED) is 0.255. The molecule has 0 aromatic heterocycles. The molecule has 2 rings (SSSR count). The van der Waals surface area contributed by atoms with E-state index >= 15 is 0 Å². The van der Waals surface area contributed by atoms with E-state index in [2.05, 4.69) is 17.6 Å². The number of unbranched alkanes of at least 4 members (excludes halogenated alkanes) is 2. The molecule has 0 saturated carbocycles. The monoisotopic (exact) mass is 567 g/mol. The number of alkyl carbamates (subject to hydrolysis) is 1. The zero-order chi connectivity index (χ0) is 30.7. The molecule has 2 aromatic carbocycles. The minimum absolute atomic E-state index is 0.187. The van der Waals surface area contributed by atoms with Gasteiger partial charge >= 0.3 is 6.09 Å². The van der Waals surface area contributed by atoms with Gasteiger partial charge in [-0.05, 0) is 87.9 Å². The van der Waals surface area contributed by atoms with Crippen molar-refractivity contribution in [3.63, 3.8) is 0 Å². The fourth-order valence-electron chi connectivity index (χ4n) is 4.60. The Morgan fingerprint density at radius 1 is 0.976 bits per heavy atom. The molecule has 0 fully saturated rings. The molecule has 226 valence electrons. The summed E-state index contributed by atoms with van der Waals surface area (Å²) < 4.78 is 10.8. The van der Waals surface area contributed by atoms with Gasteiger partial charge in [0.05, 0.1) is 7.11 Å². The Kier molecular flexibility index (Phi) is 12.7. The number of rotatable bonds is 13. The highest BCUT2D eigenvalue weighted by Gasteiger charge is 2.38. The summed E-state index contributed by atoms with van der Waals surface area (Å²) in [5, 5.41) is 5.85. The standard InChI is InChI=1S/C33H49N3O5/c1-10-12-13-21-36(31(38)28(22(3)11-2)35-32(39)41-33(6,7)8)29(27-16-14-15-23(4)24(27)5)30(37)34-25-17-19-26(40-9)20-18-25/h14-20,22,28-29H,10-13,21H2,1-9H3,(H,34,37)(H,35,39). The molecular weight excluding hydrogens is 518 g/mol. The summed E-state index contributed by atoms with van der Waals surface area (Å²) in [5.74, 6) is -0.145. The van der Waals surface area contributed by atoms with Crippen LogP contribution in [0, 0.1) is 19.8 Å². The van der Waals surface area contributed by atoms with Crippen LogP contribution in [0.25, 0.3) is 0 Å². The summed E-state index contributed by atoms with van der Waals surface area (Å²) in [5.41, 5.74) is 2.60. The molecular formula is C33H49N3O5. The van der Waals surface area contributed by atoms with Gasteiger partial charge < -0.3 is 25.0 Å². The third-order valence-electron chi connectivity index (χ3n) is 7.30. The maximum Gasteiger partial charge on any atom is 0.408 e. The highest BCUT2D eigenvalue weighted by molar-refractivity contribution is 5.99. The zero-order valence-electron chi connectivity index (χ0n) is 26.3. The number of anilines is 1. The lowest BCUT2D eigenvalue weighted by atomic mass is 9.92. The summed E-state index contributed by atoms with van der Waals surface area (Å²) in [6, 6.07) is 11.1. The molecule has 3 atom stereocenters. The van der Waals surface area contributed by atoms with Crippen molar-refractivity contribution >= 4 is 23.6 Å². The van der Waals surface area contributed by atoms with E-state index < -0.39 is 23.8 Å². The summed E-state index contributed by atoms with van der Waals surface area (Å²) in [6.45, 7) is 15.7. The number of nitrogens with zero attached hydrogens (tertiary/aromatic N) is 1. The SMILES string of the molecule is CCCCCN(C(=O)C(NC(=O)OC(C)(C)C)C(C)CC)C(C(=O)Nc1ccc(OC)cc1)c1cccc(C)c1C. The van der Waals surface area contributed by atoms with Crippen LogP contribution < -0.4 is 15.4 Å². The molecule has 2 N–H and O–H groups in total. The first kappa shape index (κ1) is 33.7. The largest absolute Gasteiger partial charge is 0.497 e. The van der Waals surface area contributed by atoms with E-state index in [1.165, 1.54) is 0 Å². The molecule has 41 heavy (non-hydrogen) atoms. The molecule has 0 saturated heterocycles. The molecule has 8 nitrogen and oxygen atoms in total. The van der Waals surface area contributed by atoms with E-state index in [1.54, 1.807) is 57.0 Å². The van der Waals surface area contributed by atoms with Crippen molar-refractivity contribution in [1.29, 1.82) is 0 Å². The van der Waals surface area contributed by atoms with Gasteiger partial charge in [0.1, 0.15) is 23.4 Å². The van der Waals surface area contributed by atoms with E-state index in [0.717, 1.165) is 36.0 Å². The lowest BCUT2D eigenvalue weighted by Gasteiger charge is -2.36. The van der Waals surface area contributed by atoms with E-state index in [-0.39, 0.29) is 17.7 Å². The minimum Gasteiger partial charge on any atom is -0.497 e. The number of hydrogen-bond donors (Lipinski definition) is 2. The van der Waals surface area contributed by atoms with Gasteiger partial charge in [0, 0.05) is 12.2 Å². The summed E-state index contributed by atoms with van der Waals surface area (Å²) >= 11 is 0. The highest BCUT2D eigenvalue weighted by Crippen LogP contribution is 2.30. The first-order valence-corrected chi connectivity index (χ1v) is 14.6. The van der Waals surface area contributed by atoms with E-state index in [0.29, 0.717) is 24.4 Å². The Morgan fingerprint density at radius 2 is 1.63 bits per heavy atom. The Labute approximate surface area is 246 Å². The lowest BCUT2D eigenvalue weighted by molar-refractivity contribution is -0.142. The maximum absolute atomic E-state index is 14.4. The van der Waals surface area contributed by atoms with Crippen LogP contribution in [-0.4, -0.2) is 48.1 Å². The van der Waals surface area contributed by atoms with Crippen molar-refractivity contribution < 1.29 is 23.9 Å². The molecule has 0 radical (unpaired) electrons. The number of amides is 3. The van der Waals surface area contributed by atoms with Gasteiger partial charge in [-0.2, -0.15) is 0 Å². The van der Waals surface area contributed by atoms with Gasteiger partial charge in [-0.15, -0.1) is 0 Å². The molecule has 8 heteroatoms. The normalized spacial score (nSPS) is 13.5. The Balaban J connectivity index is 2.60. The van der Waals surface area contributed by atoms with Crippen molar-refractivity contribution in [3.05, 3.63) is 59.2 Å². The van der Waals surface area contributed by atoms with Gasteiger partial charge in [0.15, 0.2) is 0 Å². The molecule has 2 aromatic rings. The number of carbonyl (C=O) groups excluding carboxylic acids is 3. The highest BCUT2D eigenvalue weighted by atomic mass is 16.6. The molecule has 3 unspecified atom stereocenters. The van der Waals surface area contributed by atoms with Gasteiger partial charge in [-0.1, -0.05) is 58.2 Å². The number of aryl methyl sites for hydroxylation is 1. The number of carbonyl (C=O) groups is 3. The van der Waals surface area contributed by atoms with Crippen LogP contribution in [0.5, 0.6) is 5.75 Å². The molecule has 3 amide bonds. The van der Waals surface area contributed by atoms with Crippen molar-refractivity contribution in [2.75, 3.05) is 19.0 Å². The second kappa shape index (κ2) is 15.5. The summed E-state index contributed by atoms with van der Waals surface area (Å²) in [4.78, 5) is 43.1. The second-order valence-electron chi connectivity index (χ2n) is 11.7. The van der Waals surface area contributed by atoms with Gasteiger partial charge in [0.2, 0.25) is 5.91 Å². The third-order valence-corrected chi connectivity index (χ3v) is 7.30. The second-order valence-corrected chi connectivity index (χ2v) is 11.7. The zero-order valence-corrected chi connectivity index (χ0v) is 26.3. The van der Waals surface area contributed by atoms with Gasteiger partial charge in [-0.25, -0.2) is 4.79 Å². The van der Waals surface area contributed by atoms with Crippen molar-refractivity contribution in [3.8, 4) is 5.75 Å². The maximum atomic E-state index is 14.4. The topological polar surface area (TPSA) is 97.0 Å². The van der Waals surface area contributed by atoms with Crippen molar-refractivity contribution in [2.45, 2.75) is 98.8 Å². The number of hydrogen-bond acceptors (Lipinski definition) is 5. The first-order valence-electron chi connectivity index (χ1n) is 14.6. The molecule has 0 heterocycles. The average Bonchev–Trinajstić information content (AvgIpc) is 2.92. The van der Waals surface area contributed by atoms with Crippen LogP contribution in [0.15, 0.2) is 42.5 Å². The van der Waals surface area contributed by atoms with E-state index in [1.807, 2.05) is 45.9 Å². The number of methoxy groups -OCH3 is 1. The first-order chi connectivity index (χ1) is 19.3. The Hall–Kier alpha value is -3.55. The third kappa shape index (κ3) is 9.80. The fraction of sp³-hybridized carbons (Fsp3) is 0.545. The van der Waals surface area contributed by atoms with Crippen LogP contribution in [0.3, 0.4) is 0 Å². The molecule has 0 aliphatic rings. The minimum atomic E-state index is -0.909. The van der Waals surface area contributed by atoms with E-state index in [9.17, 15) is 14.4 Å². The Morgan fingerprint density at radius 3 is 2.20 bits per heavy atom. The van der Waals surface area contributed by atoms with Crippen LogP contribution in [0.1, 0.15) is 90.0 Å². The van der Waals surface area contributed by atoms with Crippen molar-refractivity contribution in [1.82, 2.24) is 10.2 Å². The van der Waals surface area contributed by atoms with Crippen molar-refractivity contribution in [2.24, 2.45) is 5.92 Å². The summed E-state index contributed by atoms with van der Waals surface area (Å²) in [6.07, 6.45) is 2.58. The van der Waals surface area contributed by atoms with Crippen LogP contribution in [-0.2, 0) is 14.3 Å². The molecule has 0 aliphatic carbocycles. The summed E-state index contributed by atoms with van der Waals surface area (Å²) in [7, 11) is 1.59. The van der Waals surface area contributed by atoms with Crippen LogP contribution in [0.4, 0.5) is 10.5 Å². The fourth-order valence-corrected chi connectivity index (χ4v) is 4.60. The predicted molar refractivity (Wildman–Crippen MR) is 164 cm³/mol. The number of nitrogens with one attached hydrogen (secondary N) is 2. The molecule has 0 aliphatic heterocycles. The van der Waals surface area contributed by atoms with Gasteiger partial charge in [0.25, 0.3) is 5.91 Å². The van der Waals surface area contributed by atoms with Gasteiger partial charge in [-0.3, -0.25) is 9.59 Å². The van der Waals surface area contributed by atoms with E-state index in [4.69, 9.17) is 9.47 Å². The Bertz CT molecular complexity index is 1160. The molecule has 0 bridgehead atoms. The number of benzene rings is 2. The van der Waals surface area contributed by atoms with Crippen LogP contribution in [0.2, 0.25) is 0 Å². The van der Waals surface area contributed by atoms with Crippen LogP contribution >= 0.6 is 0 Å².